The molecule has 0 aliphatic heterocycles. The molecule has 0 radical (unpaired) electrons. The van der Waals surface area contributed by atoms with Crippen LogP contribution in [0.5, 0.6) is 5.75 Å². The first-order valence-corrected chi connectivity index (χ1v) is 9.34. The van der Waals surface area contributed by atoms with Gasteiger partial charge in [0.15, 0.2) is 0 Å². The van der Waals surface area contributed by atoms with E-state index >= 15 is 0 Å². The van der Waals surface area contributed by atoms with Crippen molar-refractivity contribution in [3.8, 4) is 5.75 Å². The number of carboxylic acid groups (broad SMARTS) is 1. The van der Waals surface area contributed by atoms with Crippen LogP contribution in [0.2, 0.25) is 0 Å². The van der Waals surface area contributed by atoms with Crippen LogP contribution in [0, 0.1) is 11.8 Å². The second kappa shape index (κ2) is 10.1. The summed E-state index contributed by atoms with van der Waals surface area (Å²) in [5.74, 6) is -1.05. The molecule has 1 amide bonds. The van der Waals surface area contributed by atoms with Gasteiger partial charge < -0.3 is 15.2 Å². The molecule has 1 aromatic rings. The lowest BCUT2D eigenvalue weighted by molar-refractivity contribution is -0.148. The number of nitrogens with one attached hydrogen (secondary N) is 1. The Hall–Kier alpha value is -2.04. The van der Waals surface area contributed by atoms with Gasteiger partial charge in [-0.25, -0.2) is 0 Å². The highest BCUT2D eigenvalue weighted by Crippen LogP contribution is 2.30. The van der Waals surface area contributed by atoms with Crippen molar-refractivity contribution >= 4 is 11.9 Å². The monoisotopic (exact) mass is 347 g/mol. The van der Waals surface area contributed by atoms with Crippen molar-refractivity contribution in [2.24, 2.45) is 11.8 Å². The molecular weight excluding hydrogens is 318 g/mol. The van der Waals surface area contributed by atoms with Crippen molar-refractivity contribution in [2.75, 3.05) is 13.2 Å². The number of carbonyl (C=O) groups is 2. The highest BCUT2D eigenvalue weighted by atomic mass is 16.5. The first-order valence-electron chi connectivity index (χ1n) is 9.34. The second-order valence-corrected chi connectivity index (χ2v) is 6.73. The van der Waals surface area contributed by atoms with Gasteiger partial charge in [-0.3, -0.25) is 9.59 Å². The minimum atomic E-state index is -0.850. The zero-order valence-corrected chi connectivity index (χ0v) is 15.0. The van der Waals surface area contributed by atoms with E-state index in [1.807, 2.05) is 24.3 Å². The molecule has 2 rings (SSSR count). The smallest absolute Gasteiger partial charge is 0.307 e. The molecule has 1 saturated carbocycles. The summed E-state index contributed by atoms with van der Waals surface area (Å²) in [4.78, 5) is 23.7. The van der Waals surface area contributed by atoms with Crippen LogP contribution in [0.3, 0.4) is 0 Å². The second-order valence-electron chi connectivity index (χ2n) is 6.73. The topological polar surface area (TPSA) is 75.6 Å². The zero-order chi connectivity index (χ0) is 18.1. The Labute approximate surface area is 149 Å². The SMILES string of the molecule is CCCCOc1cccc(CCNC(=O)C2CCCCC2C(=O)O)c1. The average Bonchev–Trinajstić information content (AvgIpc) is 2.62. The van der Waals surface area contributed by atoms with E-state index in [-0.39, 0.29) is 5.91 Å². The number of rotatable bonds is 9. The summed E-state index contributed by atoms with van der Waals surface area (Å²) in [5, 5.41) is 12.2. The van der Waals surface area contributed by atoms with Gasteiger partial charge in [-0.05, 0) is 43.4 Å². The normalized spacial score (nSPS) is 20.0. The maximum Gasteiger partial charge on any atom is 0.307 e. The fourth-order valence-electron chi connectivity index (χ4n) is 3.33. The van der Waals surface area contributed by atoms with Crippen LogP contribution >= 0.6 is 0 Å². The molecule has 5 heteroatoms. The summed E-state index contributed by atoms with van der Waals surface area (Å²) < 4.78 is 5.70. The number of unbranched alkanes of at least 4 members (excludes halogenated alkanes) is 1. The Morgan fingerprint density at radius 3 is 2.72 bits per heavy atom. The van der Waals surface area contributed by atoms with Crippen LogP contribution < -0.4 is 10.1 Å². The standard InChI is InChI=1S/C20H29NO4/c1-2-3-13-25-16-8-6-7-15(14-16)11-12-21-19(22)17-9-4-5-10-18(17)20(23)24/h6-8,14,17-18H,2-5,9-13H2,1H3,(H,21,22)(H,23,24). The molecule has 2 atom stereocenters. The Balaban J connectivity index is 1.80. The van der Waals surface area contributed by atoms with Crippen LogP contribution in [0.1, 0.15) is 51.0 Å². The lowest BCUT2D eigenvalue weighted by Crippen LogP contribution is -2.40. The predicted octanol–water partition coefficient (Wildman–Crippen LogP) is 3.42. The molecule has 2 unspecified atom stereocenters. The molecule has 1 aliphatic rings. The number of ether oxygens (including phenoxy) is 1. The van der Waals surface area contributed by atoms with Gasteiger partial charge in [-0.15, -0.1) is 0 Å². The average molecular weight is 347 g/mol. The minimum absolute atomic E-state index is 0.123. The van der Waals surface area contributed by atoms with Gasteiger partial charge in [0.1, 0.15) is 5.75 Å². The summed E-state index contributed by atoms with van der Waals surface area (Å²) >= 11 is 0. The van der Waals surface area contributed by atoms with Gasteiger partial charge in [0, 0.05) is 6.54 Å². The molecule has 0 aromatic heterocycles. The highest BCUT2D eigenvalue weighted by Gasteiger charge is 2.35. The lowest BCUT2D eigenvalue weighted by Gasteiger charge is -2.27. The number of hydrogen-bond donors (Lipinski definition) is 2. The summed E-state index contributed by atoms with van der Waals surface area (Å²) in [6.07, 6.45) is 5.94. The van der Waals surface area contributed by atoms with Crippen LogP contribution in [0.25, 0.3) is 0 Å². The van der Waals surface area contributed by atoms with Gasteiger partial charge in [0.05, 0.1) is 18.4 Å². The minimum Gasteiger partial charge on any atom is -0.494 e. The fraction of sp³-hybridized carbons (Fsp3) is 0.600. The van der Waals surface area contributed by atoms with E-state index in [9.17, 15) is 14.7 Å². The van der Waals surface area contributed by atoms with Gasteiger partial charge in [0.25, 0.3) is 0 Å². The Kier molecular flexibility index (Phi) is 7.76. The molecule has 0 spiro atoms. The van der Waals surface area contributed by atoms with Crippen LogP contribution in [-0.2, 0) is 16.0 Å². The van der Waals surface area contributed by atoms with Crippen molar-refractivity contribution in [2.45, 2.75) is 51.9 Å². The van der Waals surface area contributed by atoms with Crippen molar-refractivity contribution < 1.29 is 19.4 Å². The molecule has 0 bridgehead atoms. The van der Waals surface area contributed by atoms with Crippen molar-refractivity contribution in [3.63, 3.8) is 0 Å². The van der Waals surface area contributed by atoms with Crippen molar-refractivity contribution in [1.29, 1.82) is 0 Å². The van der Waals surface area contributed by atoms with E-state index in [0.29, 0.717) is 25.8 Å². The largest absolute Gasteiger partial charge is 0.494 e. The zero-order valence-electron chi connectivity index (χ0n) is 15.0. The summed E-state index contributed by atoms with van der Waals surface area (Å²) in [7, 11) is 0. The Morgan fingerprint density at radius 2 is 2.00 bits per heavy atom. The molecule has 5 nitrogen and oxygen atoms in total. The molecule has 0 heterocycles. The maximum atomic E-state index is 12.3. The van der Waals surface area contributed by atoms with E-state index in [2.05, 4.69) is 12.2 Å². The van der Waals surface area contributed by atoms with Gasteiger partial charge in [0.2, 0.25) is 5.91 Å². The fourth-order valence-corrected chi connectivity index (χ4v) is 3.33. The number of amides is 1. The van der Waals surface area contributed by atoms with Gasteiger partial charge in [-0.1, -0.05) is 38.3 Å². The van der Waals surface area contributed by atoms with Crippen LogP contribution in [0.4, 0.5) is 0 Å². The highest BCUT2D eigenvalue weighted by molar-refractivity contribution is 5.84. The third-order valence-electron chi connectivity index (χ3n) is 4.80. The lowest BCUT2D eigenvalue weighted by atomic mass is 9.78. The van der Waals surface area contributed by atoms with E-state index in [1.54, 1.807) is 0 Å². The van der Waals surface area contributed by atoms with Crippen molar-refractivity contribution in [1.82, 2.24) is 5.32 Å². The third kappa shape index (κ3) is 6.07. The predicted molar refractivity (Wildman–Crippen MR) is 96.6 cm³/mol. The molecule has 1 fully saturated rings. The maximum absolute atomic E-state index is 12.3. The molecule has 1 aliphatic carbocycles. The Bertz CT molecular complexity index is 573. The first-order chi connectivity index (χ1) is 12.1. The van der Waals surface area contributed by atoms with Crippen LogP contribution in [0.15, 0.2) is 24.3 Å². The van der Waals surface area contributed by atoms with E-state index in [0.717, 1.165) is 43.6 Å². The molecular formula is C20H29NO4. The van der Waals surface area contributed by atoms with Gasteiger partial charge in [-0.2, -0.15) is 0 Å². The molecule has 0 saturated heterocycles. The number of hydrogen-bond acceptors (Lipinski definition) is 3. The summed E-state index contributed by atoms with van der Waals surface area (Å²) in [5.41, 5.74) is 1.10. The molecule has 138 valence electrons. The van der Waals surface area contributed by atoms with E-state index in [4.69, 9.17) is 4.74 Å². The van der Waals surface area contributed by atoms with Gasteiger partial charge >= 0.3 is 5.97 Å². The third-order valence-corrected chi connectivity index (χ3v) is 4.80. The number of aliphatic carboxylic acids is 1. The summed E-state index contributed by atoms with van der Waals surface area (Å²) in [6.45, 7) is 3.36. The molecule has 25 heavy (non-hydrogen) atoms. The van der Waals surface area contributed by atoms with E-state index < -0.39 is 17.8 Å². The quantitative estimate of drug-likeness (QED) is 0.671. The molecule has 1 aromatic carbocycles. The number of benzene rings is 1. The Morgan fingerprint density at radius 1 is 1.24 bits per heavy atom. The summed E-state index contributed by atoms with van der Waals surface area (Å²) in [6, 6.07) is 7.92. The van der Waals surface area contributed by atoms with Crippen LogP contribution in [-0.4, -0.2) is 30.1 Å². The molecule has 2 N–H and O–H groups in total. The number of carbonyl (C=O) groups excluding carboxylic acids is 1. The van der Waals surface area contributed by atoms with E-state index in [1.165, 1.54) is 0 Å². The first kappa shape index (κ1) is 19.3. The number of carboxylic acids is 1. The van der Waals surface area contributed by atoms with Crippen molar-refractivity contribution in [3.05, 3.63) is 29.8 Å².